The molecule has 5 heteroatoms. The van der Waals surface area contributed by atoms with Gasteiger partial charge in [-0.2, -0.15) is 0 Å². The Labute approximate surface area is 115 Å². The Hall–Kier alpha value is -1.10. The summed E-state index contributed by atoms with van der Waals surface area (Å²) in [4.78, 5) is 24.8. The number of nitrogens with one attached hydrogen (secondary N) is 1. The Morgan fingerprint density at radius 1 is 1.42 bits per heavy atom. The Morgan fingerprint density at radius 2 is 2.11 bits per heavy atom. The molecule has 0 aromatic heterocycles. The van der Waals surface area contributed by atoms with Gasteiger partial charge in [0, 0.05) is 20.0 Å². The van der Waals surface area contributed by atoms with Crippen molar-refractivity contribution in [2.24, 2.45) is 11.3 Å². The van der Waals surface area contributed by atoms with E-state index < -0.39 is 11.4 Å². The number of nitrogens with zero attached hydrogens (tertiary/aromatic N) is 1. The van der Waals surface area contributed by atoms with Gasteiger partial charge in [-0.15, -0.1) is 0 Å². The molecule has 0 radical (unpaired) electrons. The molecule has 19 heavy (non-hydrogen) atoms. The normalized spacial score (nSPS) is 21.1. The van der Waals surface area contributed by atoms with Crippen LogP contribution in [0.25, 0.3) is 0 Å². The lowest BCUT2D eigenvalue weighted by molar-refractivity contribution is -0.151. The quantitative estimate of drug-likeness (QED) is 0.764. The molecule has 0 bridgehead atoms. The van der Waals surface area contributed by atoms with Crippen molar-refractivity contribution in [1.82, 2.24) is 10.2 Å². The summed E-state index contributed by atoms with van der Waals surface area (Å²) in [5.41, 5.74) is -0.667. The van der Waals surface area contributed by atoms with Crippen LogP contribution in [0.3, 0.4) is 0 Å². The van der Waals surface area contributed by atoms with Gasteiger partial charge in [0.15, 0.2) is 0 Å². The van der Waals surface area contributed by atoms with E-state index in [2.05, 4.69) is 10.2 Å². The van der Waals surface area contributed by atoms with Gasteiger partial charge in [0.2, 0.25) is 5.91 Å². The molecule has 1 amide bonds. The fourth-order valence-corrected chi connectivity index (χ4v) is 2.61. The molecule has 110 valence electrons. The lowest BCUT2D eigenvalue weighted by Crippen LogP contribution is -2.45. The predicted octanol–water partition coefficient (Wildman–Crippen LogP) is 1.34. The second-order valence-electron chi connectivity index (χ2n) is 5.94. The van der Waals surface area contributed by atoms with Crippen LogP contribution in [0.5, 0.6) is 0 Å². The number of hydrogen-bond acceptors (Lipinski definition) is 3. The van der Waals surface area contributed by atoms with E-state index in [0.717, 1.165) is 38.9 Å². The number of carbonyl (C=O) groups excluding carboxylic acids is 1. The van der Waals surface area contributed by atoms with Gasteiger partial charge < -0.3 is 15.3 Å². The third-order valence-electron chi connectivity index (χ3n) is 4.23. The van der Waals surface area contributed by atoms with Gasteiger partial charge >= 0.3 is 5.97 Å². The topological polar surface area (TPSA) is 69.6 Å². The predicted molar refractivity (Wildman–Crippen MR) is 73.9 cm³/mol. The summed E-state index contributed by atoms with van der Waals surface area (Å²) in [6.07, 6.45) is 3.40. The van der Waals surface area contributed by atoms with E-state index in [-0.39, 0.29) is 11.8 Å². The first kappa shape index (κ1) is 16.0. The minimum absolute atomic E-state index is 0.0689. The minimum atomic E-state index is -0.718. The number of amides is 1. The summed E-state index contributed by atoms with van der Waals surface area (Å²) in [5, 5.41) is 11.9. The van der Waals surface area contributed by atoms with Crippen molar-refractivity contribution in [1.29, 1.82) is 0 Å². The molecule has 1 aliphatic heterocycles. The van der Waals surface area contributed by atoms with Crippen molar-refractivity contribution in [2.45, 2.75) is 39.5 Å². The van der Waals surface area contributed by atoms with Crippen LogP contribution in [-0.2, 0) is 9.59 Å². The van der Waals surface area contributed by atoms with Crippen LogP contribution in [0.15, 0.2) is 0 Å². The summed E-state index contributed by atoms with van der Waals surface area (Å²) in [5.74, 6) is -0.456. The van der Waals surface area contributed by atoms with Crippen LogP contribution in [0.2, 0.25) is 0 Å². The van der Waals surface area contributed by atoms with Crippen LogP contribution in [0, 0.1) is 11.3 Å². The van der Waals surface area contributed by atoms with Crippen LogP contribution < -0.4 is 5.32 Å². The van der Waals surface area contributed by atoms with Gasteiger partial charge in [0.05, 0.1) is 5.41 Å². The van der Waals surface area contributed by atoms with E-state index in [1.54, 1.807) is 7.05 Å². The number of rotatable bonds is 6. The third kappa shape index (κ3) is 4.49. The Bertz CT molecular complexity index is 329. The summed E-state index contributed by atoms with van der Waals surface area (Å²) < 4.78 is 0. The molecule has 1 rings (SSSR count). The molecule has 1 saturated heterocycles. The smallest absolute Gasteiger partial charge is 0.309 e. The van der Waals surface area contributed by atoms with Crippen molar-refractivity contribution in [2.75, 3.05) is 26.7 Å². The average molecular weight is 270 g/mol. The van der Waals surface area contributed by atoms with Crippen molar-refractivity contribution in [3.8, 4) is 0 Å². The molecule has 1 aliphatic rings. The Kier molecular flexibility index (Phi) is 5.79. The number of hydrogen-bond donors (Lipinski definition) is 2. The molecule has 1 atom stereocenters. The highest BCUT2D eigenvalue weighted by Gasteiger charge is 2.38. The fraction of sp³-hybridized carbons (Fsp3) is 0.857. The molecular formula is C14H26N2O3. The Balaban J connectivity index is 2.42. The molecule has 2 N–H and O–H groups in total. The van der Waals surface area contributed by atoms with E-state index in [9.17, 15) is 14.7 Å². The molecule has 0 spiro atoms. The Morgan fingerprint density at radius 3 is 2.68 bits per heavy atom. The van der Waals surface area contributed by atoms with Crippen molar-refractivity contribution >= 4 is 11.9 Å². The van der Waals surface area contributed by atoms with E-state index in [4.69, 9.17) is 0 Å². The van der Waals surface area contributed by atoms with E-state index in [1.807, 2.05) is 13.8 Å². The summed E-state index contributed by atoms with van der Waals surface area (Å²) in [6.45, 7) is 6.34. The molecule has 1 unspecified atom stereocenters. The largest absolute Gasteiger partial charge is 0.481 e. The maximum absolute atomic E-state index is 11.3. The van der Waals surface area contributed by atoms with Crippen LogP contribution in [0.1, 0.15) is 39.5 Å². The number of piperidine rings is 1. The van der Waals surface area contributed by atoms with Gasteiger partial charge in [-0.05, 0) is 52.1 Å². The number of carbonyl (C=O) groups is 2. The molecular weight excluding hydrogens is 244 g/mol. The zero-order valence-corrected chi connectivity index (χ0v) is 12.2. The van der Waals surface area contributed by atoms with E-state index in [1.165, 1.54) is 0 Å². The third-order valence-corrected chi connectivity index (χ3v) is 4.23. The second kappa shape index (κ2) is 6.89. The van der Waals surface area contributed by atoms with Gasteiger partial charge in [-0.3, -0.25) is 9.59 Å². The van der Waals surface area contributed by atoms with Crippen LogP contribution in [0.4, 0.5) is 0 Å². The first-order valence-electron chi connectivity index (χ1n) is 7.04. The zero-order valence-electron chi connectivity index (χ0n) is 12.2. The maximum Gasteiger partial charge on any atom is 0.309 e. The lowest BCUT2D eigenvalue weighted by atomic mass is 9.74. The molecule has 1 heterocycles. The van der Waals surface area contributed by atoms with Crippen molar-refractivity contribution in [3.63, 3.8) is 0 Å². The number of carboxylic acid groups (broad SMARTS) is 1. The van der Waals surface area contributed by atoms with Crippen molar-refractivity contribution < 1.29 is 14.7 Å². The molecule has 0 aromatic carbocycles. The fourth-order valence-electron chi connectivity index (χ4n) is 2.61. The molecule has 0 aliphatic carbocycles. The SMILES string of the molecule is CNC(=O)CCCN1CCCC(C(C)(C)C(=O)O)C1. The average Bonchev–Trinajstić information content (AvgIpc) is 2.38. The number of aliphatic carboxylic acids is 1. The second-order valence-corrected chi connectivity index (χ2v) is 5.94. The first-order valence-corrected chi connectivity index (χ1v) is 7.04. The van der Waals surface area contributed by atoms with Gasteiger partial charge in [-0.25, -0.2) is 0 Å². The standard InChI is InChI=1S/C14H26N2O3/c1-14(2,13(18)19)11-6-4-8-16(10-11)9-5-7-12(17)15-3/h11H,4-10H2,1-3H3,(H,15,17)(H,18,19). The molecule has 5 nitrogen and oxygen atoms in total. The van der Waals surface area contributed by atoms with Gasteiger partial charge in [0.25, 0.3) is 0 Å². The van der Waals surface area contributed by atoms with Crippen molar-refractivity contribution in [3.05, 3.63) is 0 Å². The van der Waals surface area contributed by atoms with Crippen LogP contribution in [-0.4, -0.2) is 48.6 Å². The first-order chi connectivity index (χ1) is 8.87. The number of carboxylic acids is 1. The zero-order chi connectivity index (χ0) is 14.5. The molecule has 0 saturated carbocycles. The van der Waals surface area contributed by atoms with Crippen LogP contribution >= 0.6 is 0 Å². The van der Waals surface area contributed by atoms with E-state index >= 15 is 0 Å². The highest BCUT2D eigenvalue weighted by Crippen LogP contribution is 2.34. The van der Waals surface area contributed by atoms with E-state index in [0.29, 0.717) is 6.42 Å². The molecule has 1 fully saturated rings. The maximum atomic E-state index is 11.3. The monoisotopic (exact) mass is 270 g/mol. The van der Waals surface area contributed by atoms with Gasteiger partial charge in [-0.1, -0.05) is 0 Å². The highest BCUT2D eigenvalue weighted by molar-refractivity contribution is 5.75. The van der Waals surface area contributed by atoms with Gasteiger partial charge in [0.1, 0.15) is 0 Å². The number of likely N-dealkylation sites (tertiary alicyclic amines) is 1. The molecule has 0 aromatic rings. The highest BCUT2D eigenvalue weighted by atomic mass is 16.4. The summed E-state index contributed by atoms with van der Waals surface area (Å²) >= 11 is 0. The summed E-state index contributed by atoms with van der Waals surface area (Å²) in [6, 6.07) is 0. The summed E-state index contributed by atoms with van der Waals surface area (Å²) in [7, 11) is 1.65. The minimum Gasteiger partial charge on any atom is -0.481 e. The lowest BCUT2D eigenvalue weighted by Gasteiger charge is -2.39.